The summed E-state index contributed by atoms with van der Waals surface area (Å²) in [5, 5.41) is 3.47. The van der Waals surface area contributed by atoms with Crippen LogP contribution in [0.25, 0.3) is 0 Å². The minimum Gasteiger partial charge on any atom is -0.379 e. The van der Waals surface area contributed by atoms with Crippen LogP contribution in [-0.4, -0.2) is 47.3 Å². The van der Waals surface area contributed by atoms with Crippen molar-refractivity contribution in [2.24, 2.45) is 7.05 Å². The standard InChI is InChI=1S/C11H18N4O/c1-14-8-13-11-9(14)6-12-7-10(11)15-2-4-16-5-3-15/h8,10,12H,2-7H2,1H3. The van der Waals surface area contributed by atoms with E-state index in [1.54, 1.807) is 0 Å². The number of rotatable bonds is 1. The maximum absolute atomic E-state index is 5.40. The Labute approximate surface area is 95.4 Å². The van der Waals surface area contributed by atoms with E-state index in [9.17, 15) is 0 Å². The van der Waals surface area contributed by atoms with Crippen molar-refractivity contribution >= 4 is 0 Å². The first kappa shape index (κ1) is 10.3. The lowest BCUT2D eigenvalue weighted by molar-refractivity contribution is 0.0136. The molecular weight excluding hydrogens is 204 g/mol. The minimum absolute atomic E-state index is 0.425. The SMILES string of the molecule is Cn1cnc2c1CNCC2N1CCOCC1. The van der Waals surface area contributed by atoms with Crippen LogP contribution < -0.4 is 5.32 Å². The molecule has 5 heteroatoms. The minimum atomic E-state index is 0.425. The van der Waals surface area contributed by atoms with Gasteiger partial charge in [0.2, 0.25) is 0 Å². The van der Waals surface area contributed by atoms with Gasteiger partial charge >= 0.3 is 0 Å². The van der Waals surface area contributed by atoms with Gasteiger partial charge in [-0.05, 0) is 0 Å². The molecule has 0 aromatic carbocycles. The van der Waals surface area contributed by atoms with Gasteiger partial charge in [-0.25, -0.2) is 4.98 Å². The Kier molecular flexibility index (Phi) is 2.67. The van der Waals surface area contributed by atoms with E-state index in [2.05, 4.69) is 26.8 Å². The molecule has 5 nitrogen and oxygen atoms in total. The number of hydrogen-bond acceptors (Lipinski definition) is 4. The smallest absolute Gasteiger partial charge is 0.0950 e. The van der Waals surface area contributed by atoms with Gasteiger partial charge in [-0.1, -0.05) is 0 Å². The monoisotopic (exact) mass is 222 g/mol. The van der Waals surface area contributed by atoms with Crippen LogP contribution in [0.5, 0.6) is 0 Å². The number of aryl methyl sites for hydroxylation is 1. The Morgan fingerprint density at radius 1 is 1.44 bits per heavy atom. The molecule has 1 aromatic rings. The fraction of sp³-hybridized carbons (Fsp3) is 0.727. The topological polar surface area (TPSA) is 42.3 Å². The van der Waals surface area contributed by atoms with Crippen LogP contribution in [0.4, 0.5) is 0 Å². The summed E-state index contributed by atoms with van der Waals surface area (Å²) in [6.07, 6.45) is 1.92. The van der Waals surface area contributed by atoms with E-state index in [1.165, 1.54) is 11.4 Å². The van der Waals surface area contributed by atoms with Crippen LogP contribution in [0.15, 0.2) is 6.33 Å². The van der Waals surface area contributed by atoms with Crippen LogP contribution in [0.3, 0.4) is 0 Å². The molecule has 0 amide bonds. The first-order valence-corrected chi connectivity index (χ1v) is 5.89. The maximum Gasteiger partial charge on any atom is 0.0950 e. The van der Waals surface area contributed by atoms with Crippen LogP contribution in [0.1, 0.15) is 17.4 Å². The highest BCUT2D eigenvalue weighted by Crippen LogP contribution is 2.26. The molecule has 88 valence electrons. The number of nitrogens with one attached hydrogen (secondary N) is 1. The second-order valence-electron chi connectivity index (χ2n) is 4.48. The second kappa shape index (κ2) is 4.16. The number of morpholine rings is 1. The van der Waals surface area contributed by atoms with Crippen LogP contribution in [0, 0.1) is 0 Å². The molecule has 16 heavy (non-hydrogen) atoms. The Hall–Kier alpha value is -0.910. The molecule has 2 aliphatic heterocycles. The lowest BCUT2D eigenvalue weighted by Crippen LogP contribution is -2.45. The summed E-state index contributed by atoms with van der Waals surface area (Å²) in [6, 6.07) is 0.425. The molecule has 0 radical (unpaired) electrons. The molecule has 1 saturated heterocycles. The van der Waals surface area contributed by atoms with Crippen molar-refractivity contribution in [3.8, 4) is 0 Å². The molecule has 0 saturated carbocycles. The summed E-state index contributed by atoms with van der Waals surface area (Å²) in [5.74, 6) is 0. The molecule has 0 aliphatic carbocycles. The normalized spacial score (nSPS) is 26.7. The summed E-state index contributed by atoms with van der Waals surface area (Å²) < 4.78 is 7.52. The number of imidazole rings is 1. The Morgan fingerprint density at radius 3 is 3.06 bits per heavy atom. The summed E-state index contributed by atoms with van der Waals surface area (Å²) >= 11 is 0. The lowest BCUT2D eigenvalue weighted by Gasteiger charge is -2.36. The molecule has 3 heterocycles. The van der Waals surface area contributed by atoms with E-state index in [0.717, 1.165) is 39.4 Å². The van der Waals surface area contributed by atoms with Gasteiger partial charge in [0.1, 0.15) is 0 Å². The van der Waals surface area contributed by atoms with E-state index in [1.807, 2.05) is 6.33 Å². The van der Waals surface area contributed by atoms with E-state index in [4.69, 9.17) is 4.74 Å². The van der Waals surface area contributed by atoms with Gasteiger partial charge in [0.15, 0.2) is 0 Å². The summed E-state index contributed by atoms with van der Waals surface area (Å²) in [7, 11) is 2.06. The summed E-state index contributed by atoms with van der Waals surface area (Å²) in [4.78, 5) is 7.03. The Morgan fingerprint density at radius 2 is 2.25 bits per heavy atom. The molecule has 1 aromatic heterocycles. The van der Waals surface area contributed by atoms with Crippen molar-refractivity contribution in [1.82, 2.24) is 19.8 Å². The van der Waals surface area contributed by atoms with Crippen molar-refractivity contribution in [3.63, 3.8) is 0 Å². The zero-order valence-corrected chi connectivity index (χ0v) is 9.65. The summed E-state index contributed by atoms with van der Waals surface area (Å²) in [6.45, 7) is 5.67. The van der Waals surface area contributed by atoms with E-state index in [0.29, 0.717) is 6.04 Å². The molecule has 0 spiro atoms. The van der Waals surface area contributed by atoms with E-state index >= 15 is 0 Å². The zero-order chi connectivity index (χ0) is 11.0. The van der Waals surface area contributed by atoms with Crippen molar-refractivity contribution in [3.05, 3.63) is 17.7 Å². The highest BCUT2D eigenvalue weighted by molar-refractivity contribution is 5.20. The highest BCUT2D eigenvalue weighted by atomic mass is 16.5. The fourth-order valence-electron chi connectivity index (χ4n) is 2.58. The van der Waals surface area contributed by atoms with Crippen molar-refractivity contribution in [2.75, 3.05) is 32.8 Å². The molecular formula is C11H18N4O. The third kappa shape index (κ3) is 1.65. The number of ether oxygens (including phenoxy) is 1. The highest BCUT2D eigenvalue weighted by Gasteiger charge is 2.29. The average Bonchev–Trinajstić information content (AvgIpc) is 2.73. The van der Waals surface area contributed by atoms with Gasteiger partial charge in [0.25, 0.3) is 0 Å². The van der Waals surface area contributed by atoms with Crippen LogP contribution in [-0.2, 0) is 18.3 Å². The van der Waals surface area contributed by atoms with E-state index in [-0.39, 0.29) is 0 Å². The third-order valence-electron chi connectivity index (χ3n) is 3.52. The predicted molar refractivity (Wildman–Crippen MR) is 60.0 cm³/mol. The Bertz CT molecular complexity index is 370. The van der Waals surface area contributed by atoms with Crippen LogP contribution >= 0.6 is 0 Å². The second-order valence-corrected chi connectivity index (χ2v) is 4.48. The van der Waals surface area contributed by atoms with Crippen molar-refractivity contribution in [1.29, 1.82) is 0 Å². The van der Waals surface area contributed by atoms with Gasteiger partial charge in [-0.3, -0.25) is 4.90 Å². The molecule has 2 aliphatic rings. The lowest BCUT2D eigenvalue weighted by atomic mass is 10.1. The quantitative estimate of drug-likeness (QED) is 0.720. The molecule has 3 rings (SSSR count). The van der Waals surface area contributed by atoms with E-state index < -0.39 is 0 Å². The van der Waals surface area contributed by atoms with Gasteiger partial charge in [0.05, 0.1) is 37.0 Å². The average molecular weight is 222 g/mol. The first-order chi connectivity index (χ1) is 7.86. The van der Waals surface area contributed by atoms with Gasteiger partial charge in [-0.15, -0.1) is 0 Å². The first-order valence-electron chi connectivity index (χ1n) is 5.89. The Balaban J connectivity index is 1.86. The maximum atomic E-state index is 5.40. The predicted octanol–water partition coefficient (Wildman–Crippen LogP) is -0.103. The molecule has 1 N–H and O–H groups in total. The molecule has 1 unspecified atom stereocenters. The third-order valence-corrected chi connectivity index (χ3v) is 3.52. The zero-order valence-electron chi connectivity index (χ0n) is 9.65. The number of aromatic nitrogens is 2. The number of fused-ring (bicyclic) bond motifs is 1. The largest absolute Gasteiger partial charge is 0.379 e. The summed E-state index contributed by atoms with van der Waals surface area (Å²) in [5.41, 5.74) is 2.57. The molecule has 1 fully saturated rings. The van der Waals surface area contributed by atoms with Gasteiger partial charge in [-0.2, -0.15) is 0 Å². The fourth-order valence-corrected chi connectivity index (χ4v) is 2.58. The number of nitrogens with zero attached hydrogens (tertiary/aromatic N) is 3. The van der Waals surface area contributed by atoms with Gasteiger partial charge in [0, 0.05) is 33.2 Å². The number of hydrogen-bond donors (Lipinski definition) is 1. The molecule has 0 bridgehead atoms. The molecule has 1 atom stereocenters. The van der Waals surface area contributed by atoms with Gasteiger partial charge < -0.3 is 14.6 Å². The van der Waals surface area contributed by atoms with Crippen LogP contribution in [0.2, 0.25) is 0 Å². The van der Waals surface area contributed by atoms with Crippen molar-refractivity contribution < 1.29 is 4.74 Å². The van der Waals surface area contributed by atoms with Crippen molar-refractivity contribution in [2.45, 2.75) is 12.6 Å².